The van der Waals surface area contributed by atoms with Gasteiger partial charge in [-0.05, 0) is 62.9 Å². The van der Waals surface area contributed by atoms with Crippen molar-refractivity contribution < 1.29 is 17.9 Å². The average Bonchev–Trinajstić information content (AvgIpc) is 3.57. The summed E-state index contributed by atoms with van der Waals surface area (Å²) < 4.78 is 36.0. The Labute approximate surface area is 211 Å². The highest BCUT2D eigenvalue weighted by atomic mass is 79.9. The van der Waals surface area contributed by atoms with Gasteiger partial charge in [0.15, 0.2) is 5.13 Å². The number of ether oxygens (including phenoxy) is 1. The summed E-state index contributed by atoms with van der Waals surface area (Å²) in [5.74, 6) is -0.234. The molecule has 2 aliphatic rings. The summed E-state index contributed by atoms with van der Waals surface area (Å²) in [4.78, 5) is 20.5. The van der Waals surface area contributed by atoms with Gasteiger partial charge >= 0.3 is 0 Å². The Morgan fingerprint density at radius 3 is 2.74 bits per heavy atom. The molecule has 0 radical (unpaired) electrons. The van der Waals surface area contributed by atoms with E-state index in [1.54, 1.807) is 29.2 Å². The second kappa shape index (κ2) is 9.66. The molecule has 0 aliphatic carbocycles. The zero-order valence-corrected chi connectivity index (χ0v) is 22.0. The molecule has 10 heteroatoms. The first-order valence-corrected chi connectivity index (χ1v) is 14.5. The van der Waals surface area contributed by atoms with Crippen molar-refractivity contribution in [3.8, 4) is 0 Å². The lowest BCUT2D eigenvalue weighted by Crippen LogP contribution is -2.49. The van der Waals surface area contributed by atoms with Crippen LogP contribution in [0.25, 0.3) is 10.2 Å². The van der Waals surface area contributed by atoms with Crippen molar-refractivity contribution in [3.05, 3.63) is 52.5 Å². The van der Waals surface area contributed by atoms with E-state index in [1.807, 2.05) is 25.1 Å². The molecule has 7 nitrogen and oxygen atoms in total. The van der Waals surface area contributed by atoms with Gasteiger partial charge in [-0.2, -0.15) is 4.31 Å². The summed E-state index contributed by atoms with van der Waals surface area (Å²) in [7, 11) is -3.79. The Hall–Kier alpha value is -1.85. The van der Waals surface area contributed by atoms with Crippen LogP contribution in [0.1, 0.15) is 31.2 Å². The zero-order valence-electron chi connectivity index (χ0n) is 18.8. The Bertz CT molecular complexity index is 1300. The summed E-state index contributed by atoms with van der Waals surface area (Å²) in [5, 5.41) is 0.577. The van der Waals surface area contributed by atoms with Crippen LogP contribution in [0, 0.1) is 6.92 Å². The minimum Gasteiger partial charge on any atom is -0.376 e. The molecule has 0 N–H and O–H groups in total. The SMILES string of the molecule is Cc1ccc(S(=O)(=O)N2CCCC2C(=O)N(CC2CCCO2)c2nc3ccc(Br)cc3s2)cc1. The van der Waals surface area contributed by atoms with Crippen molar-refractivity contribution >= 4 is 58.5 Å². The predicted octanol–water partition coefficient (Wildman–Crippen LogP) is 4.73. The number of rotatable bonds is 6. The molecule has 2 atom stereocenters. The number of carbonyl (C=O) groups excluding carboxylic acids is 1. The van der Waals surface area contributed by atoms with Crippen molar-refractivity contribution in [1.82, 2.24) is 9.29 Å². The van der Waals surface area contributed by atoms with Crippen LogP contribution in [0.5, 0.6) is 0 Å². The molecule has 2 fully saturated rings. The van der Waals surface area contributed by atoms with Crippen LogP contribution in [0.15, 0.2) is 51.8 Å². The van der Waals surface area contributed by atoms with Crippen LogP contribution in [0.3, 0.4) is 0 Å². The minimum atomic E-state index is -3.79. The van der Waals surface area contributed by atoms with Gasteiger partial charge in [-0.25, -0.2) is 13.4 Å². The smallest absolute Gasteiger partial charge is 0.247 e. The van der Waals surface area contributed by atoms with Gasteiger partial charge < -0.3 is 4.74 Å². The standard InChI is InChI=1S/C24H26BrN3O4S2/c1-16-6-9-19(10-7-16)34(30,31)28-12-2-5-21(28)23(29)27(15-18-4-3-13-32-18)24-26-20-11-8-17(25)14-22(20)33-24/h6-11,14,18,21H,2-5,12-13,15H2,1H3. The molecule has 2 aromatic carbocycles. The number of fused-ring (bicyclic) bond motifs is 1. The number of hydrogen-bond donors (Lipinski definition) is 0. The maximum absolute atomic E-state index is 13.9. The van der Waals surface area contributed by atoms with E-state index in [0.29, 0.717) is 37.7 Å². The first kappa shape index (κ1) is 23.9. The normalized spacial score (nSPS) is 21.4. The number of thiazole rings is 1. The lowest BCUT2D eigenvalue weighted by atomic mass is 10.2. The summed E-state index contributed by atoms with van der Waals surface area (Å²) in [5.41, 5.74) is 1.79. The number of hydrogen-bond acceptors (Lipinski definition) is 6. The maximum Gasteiger partial charge on any atom is 0.247 e. The number of benzene rings is 2. The molecule has 1 aromatic heterocycles. The number of halogens is 1. The fourth-order valence-corrected chi connectivity index (χ4v) is 7.74. The molecular formula is C24H26BrN3O4S2. The number of aryl methyl sites for hydroxylation is 1. The highest BCUT2D eigenvalue weighted by molar-refractivity contribution is 9.10. The molecule has 0 bridgehead atoms. The summed E-state index contributed by atoms with van der Waals surface area (Å²) >= 11 is 4.93. The first-order valence-electron chi connectivity index (χ1n) is 11.4. The van der Waals surface area contributed by atoms with Gasteiger partial charge in [-0.3, -0.25) is 9.69 Å². The Balaban J connectivity index is 1.48. The summed E-state index contributed by atoms with van der Waals surface area (Å²) in [6, 6.07) is 11.8. The van der Waals surface area contributed by atoms with Gasteiger partial charge in [0.1, 0.15) is 6.04 Å². The molecule has 0 spiro atoms. The zero-order chi connectivity index (χ0) is 23.9. The van der Waals surface area contributed by atoms with Crippen molar-refractivity contribution in [1.29, 1.82) is 0 Å². The molecule has 180 valence electrons. The molecule has 34 heavy (non-hydrogen) atoms. The van der Waals surface area contributed by atoms with Crippen LogP contribution in [0.2, 0.25) is 0 Å². The van der Waals surface area contributed by atoms with Gasteiger partial charge in [0, 0.05) is 17.6 Å². The van der Waals surface area contributed by atoms with E-state index in [-0.39, 0.29) is 16.9 Å². The van der Waals surface area contributed by atoms with Gasteiger partial charge in [-0.1, -0.05) is 45.0 Å². The second-order valence-electron chi connectivity index (χ2n) is 8.78. The maximum atomic E-state index is 13.9. The van der Waals surface area contributed by atoms with Crippen LogP contribution >= 0.6 is 27.3 Å². The molecule has 2 aliphatic heterocycles. The quantitative estimate of drug-likeness (QED) is 0.433. The first-order chi connectivity index (χ1) is 16.3. The van der Waals surface area contributed by atoms with Crippen LogP contribution in [0.4, 0.5) is 5.13 Å². The fraction of sp³-hybridized carbons (Fsp3) is 0.417. The number of aromatic nitrogens is 1. The third-order valence-electron chi connectivity index (χ3n) is 6.36. The summed E-state index contributed by atoms with van der Waals surface area (Å²) in [6.45, 7) is 3.29. The minimum absolute atomic E-state index is 0.0775. The summed E-state index contributed by atoms with van der Waals surface area (Å²) in [6.07, 6.45) is 2.88. The number of amides is 1. The molecule has 2 unspecified atom stereocenters. The lowest BCUT2D eigenvalue weighted by molar-refractivity contribution is -0.122. The molecule has 1 amide bonds. The highest BCUT2D eigenvalue weighted by Gasteiger charge is 2.42. The second-order valence-corrected chi connectivity index (χ2v) is 12.6. The van der Waals surface area contributed by atoms with Crippen molar-refractivity contribution in [2.24, 2.45) is 0 Å². The molecule has 2 saturated heterocycles. The Kier molecular flexibility index (Phi) is 6.78. The van der Waals surface area contributed by atoms with E-state index in [9.17, 15) is 13.2 Å². The van der Waals surface area contributed by atoms with Crippen LogP contribution in [-0.2, 0) is 19.6 Å². The number of carbonyl (C=O) groups is 1. The third kappa shape index (κ3) is 4.66. The van der Waals surface area contributed by atoms with E-state index in [1.165, 1.54) is 15.6 Å². The van der Waals surface area contributed by atoms with Gasteiger partial charge in [0.05, 0.1) is 27.8 Å². The van der Waals surface area contributed by atoms with Crippen molar-refractivity contribution in [3.63, 3.8) is 0 Å². The van der Waals surface area contributed by atoms with Crippen LogP contribution in [-0.4, -0.2) is 55.5 Å². The largest absolute Gasteiger partial charge is 0.376 e. The van der Waals surface area contributed by atoms with E-state index < -0.39 is 16.1 Å². The Morgan fingerprint density at radius 2 is 2.00 bits per heavy atom. The van der Waals surface area contributed by atoms with Crippen LogP contribution < -0.4 is 4.90 Å². The van der Waals surface area contributed by atoms with Gasteiger partial charge in [0.2, 0.25) is 15.9 Å². The molecule has 3 heterocycles. The van der Waals surface area contributed by atoms with Gasteiger partial charge in [0.25, 0.3) is 0 Å². The van der Waals surface area contributed by atoms with E-state index >= 15 is 0 Å². The monoisotopic (exact) mass is 563 g/mol. The number of anilines is 1. The molecule has 0 saturated carbocycles. The fourth-order valence-electron chi connectivity index (χ4n) is 4.56. The molecular weight excluding hydrogens is 538 g/mol. The van der Waals surface area contributed by atoms with Crippen molar-refractivity contribution in [2.45, 2.75) is 49.6 Å². The molecule has 5 rings (SSSR count). The van der Waals surface area contributed by atoms with Crippen molar-refractivity contribution in [2.75, 3.05) is 24.6 Å². The topological polar surface area (TPSA) is 79.8 Å². The van der Waals surface area contributed by atoms with E-state index in [0.717, 1.165) is 33.1 Å². The van der Waals surface area contributed by atoms with E-state index in [2.05, 4.69) is 15.9 Å². The number of sulfonamides is 1. The number of nitrogens with zero attached hydrogens (tertiary/aromatic N) is 3. The third-order valence-corrected chi connectivity index (χ3v) is 9.82. The Morgan fingerprint density at radius 1 is 1.21 bits per heavy atom. The molecule has 3 aromatic rings. The predicted molar refractivity (Wildman–Crippen MR) is 137 cm³/mol. The lowest BCUT2D eigenvalue weighted by Gasteiger charge is -2.29. The van der Waals surface area contributed by atoms with E-state index in [4.69, 9.17) is 9.72 Å². The highest BCUT2D eigenvalue weighted by Crippen LogP contribution is 2.34. The van der Waals surface area contributed by atoms with Gasteiger partial charge in [-0.15, -0.1) is 0 Å². The average molecular weight is 565 g/mol.